The molecular weight excluding hydrogens is 252 g/mol. The smallest absolute Gasteiger partial charge is 0.238 e. The quantitative estimate of drug-likeness (QED) is 0.798. The molecule has 1 rings (SSSR count). The lowest BCUT2D eigenvalue weighted by Crippen LogP contribution is -2.17. The summed E-state index contributed by atoms with van der Waals surface area (Å²) in [5, 5.41) is 5.06. The maximum absolute atomic E-state index is 11.2. The predicted octanol–water partition coefficient (Wildman–Crippen LogP) is 1.73. The maximum Gasteiger partial charge on any atom is 0.238 e. The molecule has 0 aliphatic carbocycles. The van der Waals surface area contributed by atoms with E-state index in [2.05, 4.69) is 13.8 Å². The first kappa shape index (κ1) is 14.8. The van der Waals surface area contributed by atoms with Crippen LogP contribution in [0.1, 0.15) is 27.2 Å². The molecule has 0 radical (unpaired) electrons. The third kappa shape index (κ3) is 4.19. The first-order valence-electron chi connectivity index (χ1n) is 5.79. The average molecular weight is 272 g/mol. The van der Waals surface area contributed by atoms with Crippen molar-refractivity contribution < 1.29 is 13.2 Å². The Kier molecular flexibility index (Phi) is 4.59. The normalized spacial score (nSPS) is 13.6. The van der Waals surface area contributed by atoms with Crippen molar-refractivity contribution in [3.8, 4) is 5.75 Å². The van der Waals surface area contributed by atoms with E-state index in [1.807, 2.05) is 6.92 Å². The van der Waals surface area contributed by atoms with Crippen LogP contribution in [0.4, 0.5) is 5.69 Å². The first-order chi connectivity index (χ1) is 8.20. The van der Waals surface area contributed by atoms with Crippen LogP contribution in [0.3, 0.4) is 0 Å². The van der Waals surface area contributed by atoms with Gasteiger partial charge in [0.05, 0.1) is 16.7 Å². The van der Waals surface area contributed by atoms with Crippen molar-refractivity contribution in [1.82, 2.24) is 0 Å². The minimum Gasteiger partial charge on any atom is -0.489 e. The number of nitrogen functional groups attached to an aromatic ring is 1. The summed E-state index contributed by atoms with van der Waals surface area (Å²) in [6, 6.07) is 4.21. The molecule has 1 unspecified atom stereocenters. The summed E-state index contributed by atoms with van der Waals surface area (Å²) < 4.78 is 28.1. The Morgan fingerprint density at radius 3 is 2.39 bits per heavy atom. The van der Waals surface area contributed by atoms with Gasteiger partial charge in [0, 0.05) is 6.07 Å². The molecule has 5 nitrogen and oxygen atoms in total. The van der Waals surface area contributed by atoms with Crippen molar-refractivity contribution in [1.29, 1.82) is 0 Å². The molecule has 0 saturated heterocycles. The second-order valence-corrected chi connectivity index (χ2v) is 6.36. The summed E-state index contributed by atoms with van der Waals surface area (Å²) in [5.74, 6) is 0.845. The summed E-state index contributed by atoms with van der Waals surface area (Å²) in [4.78, 5) is 0.00319. The fourth-order valence-corrected chi connectivity index (χ4v) is 2.25. The molecule has 18 heavy (non-hydrogen) atoms. The molecule has 0 aromatic heterocycles. The fraction of sp³-hybridized carbons (Fsp3) is 0.500. The number of nitrogens with two attached hydrogens (primary N) is 2. The lowest BCUT2D eigenvalue weighted by molar-refractivity contribution is 0.194. The van der Waals surface area contributed by atoms with E-state index in [9.17, 15) is 8.42 Å². The lowest BCUT2D eigenvalue weighted by Gasteiger charge is -2.18. The van der Waals surface area contributed by atoms with Crippen molar-refractivity contribution in [2.45, 2.75) is 38.2 Å². The van der Waals surface area contributed by atoms with Gasteiger partial charge < -0.3 is 10.5 Å². The Morgan fingerprint density at radius 2 is 1.89 bits per heavy atom. The molecule has 0 spiro atoms. The second kappa shape index (κ2) is 5.58. The first-order valence-corrected chi connectivity index (χ1v) is 7.33. The number of primary sulfonamides is 1. The number of hydrogen-bond acceptors (Lipinski definition) is 4. The molecule has 0 fully saturated rings. The van der Waals surface area contributed by atoms with Gasteiger partial charge in [-0.25, -0.2) is 13.6 Å². The number of rotatable bonds is 5. The van der Waals surface area contributed by atoms with Crippen molar-refractivity contribution in [2.75, 3.05) is 5.73 Å². The molecule has 1 aromatic carbocycles. The molecule has 0 bridgehead atoms. The third-order valence-corrected chi connectivity index (χ3v) is 3.36. The number of sulfonamides is 1. The van der Waals surface area contributed by atoms with Crippen LogP contribution < -0.4 is 15.6 Å². The lowest BCUT2D eigenvalue weighted by atomic mass is 10.1. The molecule has 0 aliphatic rings. The summed E-state index contributed by atoms with van der Waals surface area (Å²) in [6.07, 6.45) is 0.821. The van der Waals surface area contributed by atoms with Crippen LogP contribution in [0.2, 0.25) is 0 Å². The Bertz CT molecular complexity index is 512. The average Bonchev–Trinajstić information content (AvgIpc) is 2.18. The van der Waals surface area contributed by atoms with E-state index in [-0.39, 0.29) is 11.0 Å². The zero-order valence-electron chi connectivity index (χ0n) is 10.9. The Labute approximate surface area is 108 Å². The van der Waals surface area contributed by atoms with Crippen LogP contribution in [-0.2, 0) is 10.0 Å². The van der Waals surface area contributed by atoms with Gasteiger partial charge in [-0.3, -0.25) is 0 Å². The van der Waals surface area contributed by atoms with Gasteiger partial charge in [-0.2, -0.15) is 0 Å². The number of hydrogen-bond donors (Lipinski definition) is 2. The van der Waals surface area contributed by atoms with Crippen molar-refractivity contribution in [3.63, 3.8) is 0 Å². The fourth-order valence-electron chi connectivity index (χ4n) is 1.72. The molecule has 0 amide bonds. The topological polar surface area (TPSA) is 95.4 Å². The summed E-state index contributed by atoms with van der Waals surface area (Å²) in [7, 11) is -3.74. The van der Waals surface area contributed by atoms with Gasteiger partial charge in [-0.1, -0.05) is 13.8 Å². The minimum atomic E-state index is -3.74. The molecule has 102 valence electrons. The highest BCUT2D eigenvalue weighted by Crippen LogP contribution is 2.26. The van der Waals surface area contributed by atoms with Crippen LogP contribution >= 0.6 is 0 Å². The van der Waals surface area contributed by atoms with Crippen molar-refractivity contribution in [2.24, 2.45) is 11.1 Å². The standard InChI is InChI=1S/C12H20N2O3S/c1-8(2)6-9(3)17-12-7-10(18(14,15)16)4-5-11(12)13/h4-5,7-9H,6,13H2,1-3H3,(H2,14,15,16). The maximum atomic E-state index is 11.2. The minimum absolute atomic E-state index is 0.00319. The largest absolute Gasteiger partial charge is 0.489 e. The monoisotopic (exact) mass is 272 g/mol. The molecule has 0 aliphatic heterocycles. The van der Waals surface area contributed by atoms with Gasteiger partial charge in [-0.15, -0.1) is 0 Å². The highest BCUT2D eigenvalue weighted by atomic mass is 32.2. The molecule has 4 N–H and O–H groups in total. The van der Waals surface area contributed by atoms with Crippen LogP contribution in [0.5, 0.6) is 5.75 Å². The number of ether oxygens (including phenoxy) is 1. The van der Waals surface area contributed by atoms with Crippen LogP contribution in [0.15, 0.2) is 23.1 Å². The van der Waals surface area contributed by atoms with Gasteiger partial charge in [0.2, 0.25) is 10.0 Å². The molecule has 0 heterocycles. The SMILES string of the molecule is CC(C)CC(C)Oc1cc(S(N)(=O)=O)ccc1N. The Balaban J connectivity index is 2.95. The van der Waals surface area contributed by atoms with Crippen LogP contribution in [0, 0.1) is 5.92 Å². The Hall–Kier alpha value is -1.27. The van der Waals surface area contributed by atoms with Crippen molar-refractivity contribution >= 4 is 15.7 Å². The molecule has 6 heteroatoms. The van der Waals surface area contributed by atoms with E-state index in [4.69, 9.17) is 15.6 Å². The van der Waals surface area contributed by atoms with E-state index in [0.717, 1.165) is 6.42 Å². The number of benzene rings is 1. The second-order valence-electron chi connectivity index (χ2n) is 4.80. The Morgan fingerprint density at radius 1 is 1.28 bits per heavy atom. The van der Waals surface area contributed by atoms with Gasteiger partial charge in [0.25, 0.3) is 0 Å². The summed E-state index contributed by atoms with van der Waals surface area (Å²) >= 11 is 0. The van der Waals surface area contributed by atoms with Crippen LogP contribution in [0.25, 0.3) is 0 Å². The summed E-state index contributed by atoms with van der Waals surface area (Å²) in [5.41, 5.74) is 6.15. The van der Waals surface area contributed by atoms with E-state index >= 15 is 0 Å². The van der Waals surface area contributed by atoms with Crippen LogP contribution in [-0.4, -0.2) is 14.5 Å². The zero-order valence-corrected chi connectivity index (χ0v) is 11.7. The van der Waals surface area contributed by atoms with Gasteiger partial charge >= 0.3 is 0 Å². The van der Waals surface area contributed by atoms with Gasteiger partial charge in [0.15, 0.2) is 0 Å². The van der Waals surface area contributed by atoms with Gasteiger partial charge in [0.1, 0.15) is 5.75 Å². The molecule has 0 saturated carbocycles. The highest BCUT2D eigenvalue weighted by Gasteiger charge is 2.13. The summed E-state index contributed by atoms with van der Waals surface area (Å²) in [6.45, 7) is 6.09. The number of anilines is 1. The van der Waals surface area contributed by atoms with E-state index in [1.54, 1.807) is 0 Å². The molecule has 1 atom stereocenters. The van der Waals surface area contributed by atoms with E-state index in [1.165, 1.54) is 18.2 Å². The van der Waals surface area contributed by atoms with E-state index < -0.39 is 10.0 Å². The highest BCUT2D eigenvalue weighted by molar-refractivity contribution is 7.89. The molecule has 1 aromatic rings. The van der Waals surface area contributed by atoms with E-state index in [0.29, 0.717) is 17.4 Å². The van der Waals surface area contributed by atoms with Crippen molar-refractivity contribution in [3.05, 3.63) is 18.2 Å². The van der Waals surface area contributed by atoms with Gasteiger partial charge in [-0.05, 0) is 31.4 Å². The zero-order chi connectivity index (χ0) is 13.9. The predicted molar refractivity (Wildman–Crippen MR) is 71.8 cm³/mol. The molecular formula is C12H20N2O3S. The third-order valence-electron chi connectivity index (χ3n) is 2.45.